The molecule has 0 atom stereocenters. The maximum atomic E-state index is 13.7. The van der Waals surface area contributed by atoms with E-state index in [1.165, 1.54) is 0 Å². The number of benzene rings is 1. The van der Waals surface area contributed by atoms with E-state index in [0.717, 1.165) is 0 Å². The van der Waals surface area contributed by atoms with Gasteiger partial charge >= 0.3 is 0 Å². The lowest BCUT2D eigenvalue weighted by molar-refractivity contribution is 0.609. The summed E-state index contributed by atoms with van der Waals surface area (Å²) in [5.74, 6) is -1.74. The molecule has 2 nitrogen and oxygen atoms in total. The zero-order chi connectivity index (χ0) is 12.0. The summed E-state index contributed by atoms with van der Waals surface area (Å²) in [6, 6.07) is 0. The lowest BCUT2D eigenvalue weighted by Crippen LogP contribution is -1.96. The molecular weight excluding hydrogens is 348 g/mol. The van der Waals surface area contributed by atoms with Crippen LogP contribution in [0.5, 0.6) is 0 Å². The number of halogens is 6. The second-order valence-electron chi connectivity index (χ2n) is 2.76. The first-order chi connectivity index (χ1) is 7.43. The largest absolute Gasteiger partial charge is 0.224 e. The molecule has 0 saturated carbocycles. The van der Waals surface area contributed by atoms with Crippen molar-refractivity contribution < 1.29 is 8.78 Å². The van der Waals surface area contributed by atoms with Gasteiger partial charge in [-0.1, -0.05) is 23.2 Å². The Morgan fingerprint density at radius 1 is 1.00 bits per heavy atom. The molecular formula is C8BrCl3F2N2. The van der Waals surface area contributed by atoms with E-state index >= 15 is 0 Å². The smallest absolute Gasteiger partial charge is 0.215 e. The average Bonchev–Trinajstić information content (AvgIpc) is 2.22. The van der Waals surface area contributed by atoms with Crippen LogP contribution in [0.25, 0.3) is 10.9 Å². The van der Waals surface area contributed by atoms with Gasteiger partial charge in [-0.15, -0.1) is 0 Å². The van der Waals surface area contributed by atoms with Crippen molar-refractivity contribution in [3.05, 3.63) is 31.6 Å². The molecule has 84 valence electrons. The molecule has 1 aromatic heterocycles. The van der Waals surface area contributed by atoms with Crippen LogP contribution < -0.4 is 0 Å². The number of nitrogens with zero attached hydrogens (tertiary/aromatic N) is 2. The van der Waals surface area contributed by atoms with Crippen molar-refractivity contribution in [2.45, 2.75) is 0 Å². The molecule has 0 aliphatic carbocycles. The number of rotatable bonds is 0. The lowest BCUT2D eigenvalue weighted by atomic mass is 10.2. The average molecular weight is 348 g/mol. The molecule has 0 saturated heterocycles. The molecule has 16 heavy (non-hydrogen) atoms. The van der Waals surface area contributed by atoms with Crippen LogP contribution in [-0.4, -0.2) is 9.97 Å². The van der Waals surface area contributed by atoms with Crippen molar-refractivity contribution in [3.63, 3.8) is 0 Å². The first-order valence-corrected chi connectivity index (χ1v) is 5.71. The summed E-state index contributed by atoms with van der Waals surface area (Å²) in [6.45, 7) is 0. The zero-order valence-electron chi connectivity index (χ0n) is 7.16. The highest BCUT2D eigenvalue weighted by Crippen LogP contribution is 2.37. The minimum absolute atomic E-state index is 0.231. The molecule has 0 aliphatic rings. The van der Waals surface area contributed by atoms with Crippen LogP contribution in [0.4, 0.5) is 8.78 Å². The maximum absolute atomic E-state index is 13.7. The molecule has 8 heteroatoms. The molecule has 1 aromatic carbocycles. The molecule has 0 bridgehead atoms. The summed E-state index contributed by atoms with van der Waals surface area (Å²) in [5.41, 5.74) is -0.321. The third-order valence-electron chi connectivity index (χ3n) is 1.84. The highest BCUT2D eigenvalue weighted by Gasteiger charge is 2.21. The van der Waals surface area contributed by atoms with Gasteiger partial charge in [0.15, 0.2) is 11.6 Å². The molecule has 0 unspecified atom stereocenters. The number of hydrogen-bond donors (Lipinski definition) is 0. The minimum atomic E-state index is -0.897. The van der Waals surface area contributed by atoms with Crippen molar-refractivity contribution in [1.82, 2.24) is 9.97 Å². The molecule has 2 rings (SSSR count). The van der Waals surface area contributed by atoms with Crippen LogP contribution in [-0.2, 0) is 0 Å². The van der Waals surface area contributed by atoms with Gasteiger partial charge in [0.1, 0.15) is 10.7 Å². The van der Waals surface area contributed by atoms with Gasteiger partial charge in [-0.3, -0.25) is 0 Å². The van der Waals surface area contributed by atoms with Gasteiger partial charge in [0.25, 0.3) is 0 Å². The monoisotopic (exact) mass is 346 g/mol. The first kappa shape index (κ1) is 12.2. The summed E-state index contributed by atoms with van der Waals surface area (Å²) < 4.78 is 27.2. The number of aromatic nitrogens is 2. The number of hydrogen-bond acceptors (Lipinski definition) is 2. The Balaban J connectivity index is 3.08. The van der Waals surface area contributed by atoms with E-state index in [1.807, 2.05) is 0 Å². The fourth-order valence-electron chi connectivity index (χ4n) is 1.17. The van der Waals surface area contributed by atoms with E-state index in [9.17, 15) is 8.78 Å². The second kappa shape index (κ2) is 4.22. The van der Waals surface area contributed by atoms with Crippen LogP contribution >= 0.6 is 50.7 Å². The fourth-order valence-corrected chi connectivity index (χ4v) is 2.17. The van der Waals surface area contributed by atoms with E-state index in [1.54, 1.807) is 0 Å². The SMILES string of the molecule is Fc1c(Br)c(Cl)c(F)c2c(Cl)nc(Cl)nc12. The predicted octanol–water partition coefficient (Wildman–Crippen LogP) is 4.63. The van der Waals surface area contributed by atoms with Gasteiger partial charge in [0.05, 0.1) is 14.9 Å². The van der Waals surface area contributed by atoms with E-state index < -0.39 is 16.7 Å². The van der Waals surface area contributed by atoms with Gasteiger partial charge in [0.2, 0.25) is 5.28 Å². The van der Waals surface area contributed by atoms with Gasteiger partial charge in [-0.25, -0.2) is 18.7 Å². The van der Waals surface area contributed by atoms with Crippen LogP contribution in [0.2, 0.25) is 15.5 Å². The Labute approximate surface area is 112 Å². The highest BCUT2D eigenvalue weighted by atomic mass is 79.9. The molecule has 0 amide bonds. The van der Waals surface area contributed by atoms with Crippen LogP contribution in [0, 0.1) is 11.6 Å². The van der Waals surface area contributed by atoms with Gasteiger partial charge in [-0.05, 0) is 27.5 Å². The Hall–Kier alpha value is -0.230. The summed E-state index contributed by atoms with van der Waals surface area (Å²) in [4.78, 5) is 7.08. The Morgan fingerprint density at radius 2 is 1.62 bits per heavy atom. The summed E-state index contributed by atoms with van der Waals surface area (Å²) in [7, 11) is 0. The molecule has 0 spiro atoms. The summed E-state index contributed by atoms with van der Waals surface area (Å²) >= 11 is 19.5. The van der Waals surface area contributed by atoms with Crippen LogP contribution in [0.15, 0.2) is 4.47 Å². The normalized spacial score (nSPS) is 11.1. The molecule has 0 fully saturated rings. The fraction of sp³-hybridized carbons (Fsp3) is 0. The first-order valence-electron chi connectivity index (χ1n) is 3.78. The van der Waals surface area contributed by atoms with E-state index in [2.05, 4.69) is 25.9 Å². The molecule has 0 radical (unpaired) electrons. The third kappa shape index (κ3) is 1.76. The van der Waals surface area contributed by atoms with Gasteiger partial charge in [0, 0.05) is 0 Å². The molecule has 1 heterocycles. The lowest BCUT2D eigenvalue weighted by Gasteiger charge is -2.06. The van der Waals surface area contributed by atoms with Gasteiger partial charge in [-0.2, -0.15) is 0 Å². The summed E-state index contributed by atoms with van der Waals surface area (Å²) in [6.07, 6.45) is 0. The van der Waals surface area contributed by atoms with Crippen LogP contribution in [0.3, 0.4) is 0 Å². The quantitative estimate of drug-likeness (QED) is 0.300. The second-order valence-corrected chi connectivity index (χ2v) is 4.63. The maximum Gasteiger partial charge on any atom is 0.224 e. The van der Waals surface area contributed by atoms with E-state index in [0.29, 0.717) is 0 Å². The third-order valence-corrected chi connectivity index (χ3v) is 3.61. The van der Waals surface area contributed by atoms with Gasteiger partial charge < -0.3 is 0 Å². The van der Waals surface area contributed by atoms with E-state index in [-0.39, 0.29) is 25.8 Å². The topological polar surface area (TPSA) is 25.8 Å². The molecule has 2 aromatic rings. The number of fused-ring (bicyclic) bond motifs is 1. The van der Waals surface area contributed by atoms with E-state index in [4.69, 9.17) is 34.8 Å². The Bertz CT molecular complexity index is 606. The molecule has 0 aliphatic heterocycles. The van der Waals surface area contributed by atoms with Crippen LogP contribution in [0.1, 0.15) is 0 Å². The highest BCUT2D eigenvalue weighted by molar-refractivity contribution is 9.10. The van der Waals surface area contributed by atoms with Crippen molar-refractivity contribution >= 4 is 61.6 Å². The van der Waals surface area contributed by atoms with Crippen molar-refractivity contribution in [2.75, 3.05) is 0 Å². The van der Waals surface area contributed by atoms with Crippen molar-refractivity contribution in [2.24, 2.45) is 0 Å². The standard InChI is InChI=1S/C8BrCl3F2N2/c9-2-3(10)4(13)1-6(5(2)14)15-8(12)16-7(1)11. The Morgan fingerprint density at radius 3 is 2.25 bits per heavy atom. The Kier molecular flexibility index (Phi) is 3.22. The minimum Gasteiger partial charge on any atom is -0.215 e. The summed E-state index contributed by atoms with van der Waals surface area (Å²) in [5, 5.41) is -1.28. The van der Waals surface area contributed by atoms with Crippen molar-refractivity contribution in [1.29, 1.82) is 0 Å². The zero-order valence-corrected chi connectivity index (χ0v) is 11.0. The van der Waals surface area contributed by atoms with Crippen molar-refractivity contribution in [3.8, 4) is 0 Å². The predicted molar refractivity (Wildman–Crippen MR) is 62.2 cm³/mol. The molecule has 0 N–H and O–H groups in total.